The molecule has 0 aromatic heterocycles. The van der Waals surface area contributed by atoms with Crippen molar-refractivity contribution in [3.05, 3.63) is 64.2 Å². The summed E-state index contributed by atoms with van der Waals surface area (Å²) in [5, 5.41) is 9.72. The SMILES string of the molecule is CCNCCN(C(=O)CNCC(=O)N(C)N1Cc2ccccc2C1)c1cc2c(cc1C)CN(CC(F)F)C2=O. The number of rotatable bonds is 12. The van der Waals surface area contributed by atoms with Crippen LogP contribution in [0.25, 0.3) is 0 Å². The quantitative estimate of drug-likeness (QED) is 0.400. The standard InChI is InChI=1S/C28H36F2N6O3/c1-4-31-9-10-36(24-12-23-22(11-19(24)2)15-34(28(23)39)18-25(29)30)27(38)14-32-13-26(37)33(3)35-16-20-7-5-6-8-21(20)17-35/h5-8,11-12,25,31-32H,4,9-10,13-18H2,1-3H3. The van der Waals surface area contributed by atoms with Gasteiger partial charge in [0.15, 0.2) is 0 Å². The number of hydrogen-bond donors (Lipinski definition) is 2. The number of carbonyl (C=O) groups is 3. The van der Waals surface area contributed by atoms with Gasteiger partial charge in [-0.3, -0.25) is 24.7 Å². The van der Waals surface area contributed by atoms with Gasteiger partial charge in [-0.2, -0.15) is 0 Å². The molecule has 0 atom stereocenters. The Balaban J connectivity index is 1.39. The van der Waals surface area contributed by atoms with Gasteiger partial charge in [0.2, 0.25) is 5.91 Å². The van der Waals surface area contributed by atoms with Crippen molar-refractivity contribution in [2.75, 3.05) is 51.2 Å². The van der Waals surface area contributed by atoms with Crippen molar-refractivity contribution in [2.24, 2.45) is 0 Å². The van der Waals surface area contributed by atoms with E-state index in [4.69, 9.17) is 0 Å². The Morgan fingerprint density at radius 1 is 1.00 bits per heavy atom. The first-order valence-corrected chi connectivity index (χ1v) is 13.2. The minimum atomic E-state index is -2.62. The number of halogens is 2. The largest absolute Gasteiger partial charge is 0.329 e. The van der Waals surface area contributed by atoms with E-state index in [0.29, 0.717) is 43.0 Å². The lowest BCUT2D eigenvalue weighted by Crippen LogP contribution is -2.47. The van der Waals surface area contributed by atoms with E-state index < -0.39 is 18.9 Å². The number of nitrogens with zero attached hydrogens (tertiary/aromatic N) is 4. The third-order valence-electron chi connectivity index (χ3n) is 7.17. The molecule has 210 valence electrons. The molecular formula is C28H36F2N6O3. The van der Waals surface area contributed by atoms with Crippen LogP contribution in [0.2, 0.25) is 0 Å². The van der Waals surface area contributed by atoms with Crippen molar-refractivity contribution in [1.29, 1.82) is 0 Å². The number of hydrogen-bond acceptors (Lipinski definition) is 6. The summed E-state index contributed by atoms with van der Waals surface area (Å²) in [5.74, 6) is -0.871. The molecule has 2 N–H and O–H groups in total. The summed E-state index contributed by atoms with van der Waals surface area (Å²) in [6.07, 6.45) is -2.62. The molecule has 0 saturated heterocycles. The number of carbonyl (C=O) groups excluding carboxylic acids is 3. The van der Waals surface area contributed by atoms with E-state index >= 15 is 0 Å². The number of fused-ring (bicyclic) bond motifs is 2. The monoisotopic (exact) mass is 542 g/mol. The summed E-state index contributed by atoms with van der Waals surface area (Å²) in [6.45, 7) is 6.13. The number of hydrazine groups is 1. The van der Waals surface area contributed by atoms with Crippen LogP contribution in [-0.2, 0) is 29.2 Å². The summed E-state index contributed by atoms with van der Waals surface area (Å²) < 4.78 is 25.9. The summed E-state index contributed by atoms with van der Waals surface area (Å²) in [5.41, 5.74) is 4.73. The zero-order chi connectivity index (χ0) is 28.1. The molecule has 0 saturated carbocycles. The zero-order valence-electron chi connectivity index (χ0n) is 22.7. The first-order valence-electron chi connectivity index (χ1n) is 13.2. The van der Waals surface area contributed by atoms with Crippen molar-refractivity contribution in [1.82, 2.24) is 25.6 Å². The molecule has 0 aliphatic carbocycles. The molecule has 4 rings (SSSR count). The summed E-state index contributed by atoms with van der Waals surface area (Å²) in [4.78, 5) is 41.6. The minimum Gasteiger partial charge on any atom is -0.329 e. The van der Waals surface area contributed by atoms with Gasteiger partial charge < -0.3 is 15.1 Å². The van der Waals surface area contributed by atoms with Crippen LogP contribution in [0.5, 0.6) is 0 Å². The van der Waals surface area contributed by atoms with Crippen molar-refractivity contribution >= 4 is 23.4 Å². The van der Waals surface area contributed by atoms with Gasteiger partial charge in [-0.15, -0.1) is 0 Å². The lowest BCUT2D eigenvalue weighted by atomic mass is 10.0. The predicted molar refractivity (Wildman–Crippen MR) is 144 cm³/mol. The van der Waals surface area contributed by atoms with Crippen LogP contribution in [0.15, 0.2) is 36.4 Å². The molecule has 9 nitrogen and oxygen atoms in total. The molecular weight excluding hydrogens is 506 g/mol. The maximum Gasteiger partial charge on any atom is 0.255 e. The Morgan fingerprint density at radius 2 is 1.67 bits per heavy atom. The number of aryl methyl sites for hydroxylation is 1. The van der Waals surface area contributed by atoms with Gasteiger partial charge in [0.25, 0.3) is 18.2 Å². The van der Waals surface area contributed by atoms with Crippen LogP contribution in [0.4, 0.5) is 14.5 Å². The van der Waals surface area contributed by atoms with Crippen LogP contribution in [-0.4, -0.2) is 85.4 Å². The number of benzene rings is 2. The number of alkyl halides is 2. The zero-order valence-corrected chi connectivity index (χ0v) is 22.7. The van der Waals surface area contributed by atoms with E-state index in [9.17, 15) is 23.2 Å². The summed E-state index contributed by atoms with van der Waals surface area (Å²) >= 11 is 0. The normalized spacial score (nSPS) is 14.6. The molecule has 0 fully saturated rings. The third kappa shape index (κ3) is 6.60. The van der Waals surface area contributed by atoms with Crippen LogP contribution < -0.4 is 15.5 Å². The van der Waals surface area contributed by atoms with E-state index in [0.717, 1.165) is 17.0 Å². The minimum absolute atomic E-state index is 0.0135. The van der Waals surface area contributed by atoms with Crippen LogP contribution >= 0.6 is 0 Å². The average Bonchev–Trinajstić information content (AvgIpc) is 3.46. The third-order valence-corrected chi connectivity index (χ3v) is 7.17. The Morgan fingerprint density at radius 3 is 2.31 bits per heavy atom. The molecule has 2 heterocycles. The first kappa shape index (κ1) is 28.6. The summed E-state index contributed by atoms with van der Waals surface area (Å²) in [7, 11) is 1.72. The number of anilines is 1. The molecule has 3 amide bonds. The molecule has 2 aromatic carbocycles. The van der Waals surface area contributed by atoms with Crippen molar-refractivity contribution in [3.8, 4) is 0 Å². The number of likely N-dealkylation sites (N-methyl/N-ethyl adjacent to an activating group) is 2. The highest BCUT2D eigenvalue weighted by molar-refractivity contribution is 6.02. The van der Waals surface area contributed by atoms with Gasteiger partial charge in [0.05, 0.1) is 19.6 Å². The molecule has 11 heteroatoms. The van der Waals surface area contributed by atoms with Crippen molar-refractivity contribution in [2.45, 2.75) is 39.9 Å². The fraction of sp³-hybridized carbons (Fsp3) is 0.464. The lowest BCUT2D eigenvalue weighted by Gasteiger charge is -2.28. The fourth-order valence-electron chi connectivity index (χ4n) is 5.06. The molecule has 2 aromatic rings. The molecule has 0 unspecified atom stereocenters. The van der Waals surface area contributed by atoms with Crippen molar-refractivity contribution < 1.29 is 23.2 Å². The highest BCUT2D eigenvalue weighted by atomic mass is 19.3. The second-order valence-corrected chi connectivity index (χ2v) is 9.88. The van der Waals surface area contributed by atoms with Gasteiger partial charge in [-0.1, -0.05) is 37.3 Å². The lowest BCUT2D eigenvalue weighted by molar-refractivity contribution is -0.145. The Bertz CT molecular complexity index is 1200. The van der Waals surface area contributed by atoms with E-state index in [2.05, 4.69) is 22.8 Å². The number of amides is 3. The van der Waals surface area contributed by atoms with Gasteiger partial charge in [0.1, 0.15) is 0 Å². The molecule has 0 bridgehead atoms. The van der Waals surface area contributed by atoms with E-state index in [-0.39, 0.29) is 31.4 Å². The van der Waals surface area contributed by atoms with Crippen LogP contribution in [0.1, 0.15) is 39.5 Å². The molecule has 0 radical (unpaired) electrons. The van der Waals surface area contributed by atoms with E-state index in [1.54, 1.807) is 29.1 Å². The first-order chi connectivity index (χ1) is 18.7. The van der Waals surface area contributed by atoms with Crippen LogP contribution in [0.3, 0.4) is 0 Å². The Hall–Kier alpha value is -3.41. The maximum absolute atomic E-state index is 13.3. The average molecular weight is 543 g/mol. The molecule has 39 heavy (non-hydrogen) atoms. The van der Waals surface area contributed by atoms with Gasteiger partial charge in [-0.25, -0.2) is 13.8 Å². The molecule has 2 aliphatic heterocycles. The van der Waals surface area contributed by atoms with Crippen molar-refractivity contribution in [3.63, 3.8) is 0 Å². The second-order valence-electron chi connectivity index (χ2n) is 9.88. The van der Waals surface area contributed by atoms with Crippen LogP contribution in [0, 0.1) is 6.92 Å². The second kappa shape index (κ2) is 12.6. The fourth-order valence-corrected chi connectivity index (χ4v) is 5.06. The highest BCUT2D eigenvalue weighted by Crippen LogP contribution is 2.31. The van der Waals surface area contributed by atoms with Gasteiger partial charge >= 0.3 is 0 Å². The Kier molecular flexibility index (Phi) is 9.26. The molecule has 2 aliphatic rings. The topological polar surface area (TPSA) is 88.2 Å². The highest BCUT2D eigenvalue weighted by Gasteiger charge is 2.31. The van der Waals surface area contributed by atoms with Gasteiger partial charge in [0, 0.05) is 51.0 Å². The summed E-state index contributed by atoms with van der Waals surface area (Å²) in [6, 6.07) is 11.5. The smallest absolute Gasteiger partial charge is 0.255 e. The van der Waals surface area contributed by atoms with E-state index in [1.807, 2.05) is 31.0 Å². The Labute approximate surface area is 227 Å². The molecule has 0 spiro atoms. The van der Waals surface area contributed by atoms with E-state index in [1.165, 1.54) is 11.1 Å². The van der Waals surface area contributed by atoms with Gasteiger partial charge in [-0.05, 0) is 41.8 Å². The number of nitrogens with one attached hydrogen (secondary N) is 2. The predicted octanol–water partition coefficient (Wildman–Crippen LogP) is 2.14. The maximum atomic E-state index is 13.3.